The highest BCUT2D eigenvalue weighted by atomic mass is 19.1. The Hall–Kier alpha value is -2.70. The maximum absolute atomic E-state index is 15.1. The van der Waals surface area contributed by atoms with Crippen LogP contribution in [0.25, 0.3) is 11.4 Å². The average molecular weight is 316 g/mol. The van der Waals surface area contributed by atoms with Crippen LogP contribution in [-0.4, -0.2) is 40.7 Å². The van der Waals surface area contributed by atoms with E-state index in [4.69, 9.17) is 4.52 Å². The van der Waals surface area contributed by atoms with Crippen molar-refractivity contribution in [2.45, 2.75) is 12.1 Å². The normalized spacial score (nSPS) is 20.5. The van der Waals surface area contributed by atoms with Crippen molar-refractivity contribution in [2.75, 3.05) is 19.6 Å². The molecular formula is C16H17FN4O2. The second-order valence-corrected chi connectivity index (χ2v) is 5.40. The van der Waals surface area contributed by atoms with Gasteiger partial charge < -0.3 is 14.7 Å². The summed E-state index contributed by atoms with van der Waals surface area (Å²) in [7, 11) is 0. The monoisotopic (exact) mass is 316 g/mol. The van der Waals surface area contributed by atoms with Gasteiger partial charge in [-0.25, -0.2) is 9.18 Å². The highest BCUT2D eigenvalue weighted by molar-refractivity contribution is 5.74. The van der Waals surface area contributed by atoms with Gasteiger partial charge in [0.2, 0.25) is 11.5 Å². The number of rotatable bonds is 4. The fourth-order valence-electron chi connectivity index (χ4n) is 2.50. The number of hydrogen-bond donors (Lipinski definition) is 1. The molecular weight excluding hydrogens is 299 g/mol. The molecule has 0 saturated carbocycles. The Morgan fingerprint density at radius 3 is 3.00 bits per heavy atom. The molecule has 0 spiro atoms. The van der Waals surface area contributed by atoms with Gasteiger partial charge in [0.15, 0.2) is 0 Å². The molecule has 0 bridgehead atoms. The van der Waals surface area contributed by atoms with Crippen molar-refractivity contribution in [3.8, 4) is 11.4 Å². The molecule has 1 fully saturated rings. The molecule has 1 unspecified atom stereocenters. The lowest BCUT2D eigenvalue weighted by atomic mass is 10.1. The van der Waals surface area contributed by atoms with Crippen LogP contribution in [0.15, 0.2) is 47.5 Å². The van der Waals surface area contributed by atoms with Crippen molar-refractivity contribution >= 4 is 6.03 Å². The minimum Gasteiger partial charge on any atom is -0.335 e. The van der Waals surface area contributed by atoms with Gasteiger partial charge in [-0.1, -0.05) is 41.6 Å². The zero-order valence-electron chi connectivity index (χ0n) is 12.5. The van der Waals surface area contributed by atoms with Crippen LogP contribution < -0.4 is 5.32 Å². The Morgan fingerprint density at radius 2 is 2.26 bits per heavy atom. The first-order valence-corrected chi connectivity index (χ1v) is 7.34. The molecule has 2 amide bonds. The zero-order valence-corrected chi connectivity index (χ0v) is 12.5. The molecule has 2 heterocycles. The Bertz CT molecular complexity index is 703. The summed E-state index contributed by atoms with van der Waals surface area (Å²) in [4.78, 5) is 17.4. The number of halogens is 1. The van der Waals surface area contributed by atoms with Crippen molar-refractivity contribution in [3.05, 3.63) is 48.9 Å². The molecule has 1 aliphatic rings. The van der Waals surface area contributed by atoms with Gasteiger partial charge >= 0.3 is 6.03 Å². The highest BCUT2D eigenvalue weighted by Gasteiger charge is 2.46. The molecule has 1 aromatic carbocycles. The molecule has 0 radical (unpaired) electrons. The van der Waals surface area contributed by atoms with E-state index in [0.29, 0.717) is 18.9 Å². The quantitative estimate of drug-likeness (QED) is 0.880. The predicted octanol–water partition coefficient (Wildman–Crippen LogP) is 2.50. The summed E-state index contributed by atoms with van der Waals surface area (Å²) in [6.07, 6.45) is 1.70. The lowest BCUT2D eigenvalue weighted by Gasteiger charge is -2.18. The fraction of sp³-hybridized carbons (Fsp3) is 0.312. The lowest BCUT2D eigenvalue weighted by Crippen LogP contribution is -2.40. The van der Waals surface area contributed by atoms with Gasteiger partial charge in [0.1, 0.15) is 0 Å². The number of likely N-dealkylation sites (tertiary alicyclic amines) is 1. The number of nitrogens with zero attached hydrogens (tertiary/aromatic N) is 3. The number of nitrogens with one attached hydrogen (secondary N) is 1. The molecule has 1 N–H and O–H groups in total. The van der Waals surface area contributed by atoms with Gasteiger partial charge in [0, 0.05) is 25.1 Å². The van der Waals surface area contributed by atoms with E-state index in [-0.39, 0.29) is 24.9 Å². The second-order valence-electron chi connectivity index (χ2n) is 5.40. The summed E-state index contributed by atoms with van der Waals surface area (Å²) in [5.74, 6) is 0.252. The van der Waals surface area contributed by atoms with Gasteiger partial charge in [-0.3, -0.25) is 0 Å². The van der Waals surface area contributed by atoms with E-state index < -0.39 is 5.67 Å². The highest BCUT2D eigenvalue weighted by Crippen LogP contribution is 2.35. The topological polar surface area (TPSA) is 71.3 Å². The van der Waals surface area contributed by atoms with Crippen molar-refractivity contribution in [3.63, 3.8) is 0 Å². The average Bonchev–Trinajstić information content (AvgIpc) is 3.21. The summed E-state index contributed by atoms with van der Waals surface area (Å²) in [5.41, 5.74) is -1.06. The van der Waals surface area contributed by atoms with Crippen molar-refractivity contribution < 1.29 is 13.7 Å². The van der Waals surface area contributed by atoms with E-state index in [1.807, 2.05) is 30.3 Å². The third-order valence-corrected chi connectivity index (χ3v) is 3.75. The van der Waals surface area contributed by atoms with Crippen LogP contribution in [0.4, 0.5) is 9.18 Å². The van der Waals surface area contributed by atoms with E-state index in [9.17, 15) is 4.79 Å². The van der Waals surface area contributed by atoms with E-state index in [2.05, 4.69) is 22.0 Å². The minimum absolute atomic E-state index is 0.0876. The molecule has 2 aromatic rings. The third kappa shape index (κ3) is 3.08. The SMILES string of the molecule is C=CCNC(=O)N1CCC(F)(c2nc(-c3ccccc3)no2)C1. The summed E-state index contributed by atoms with van der Waals surface area (Å²) >= 11 is 0. The van der Waals surface area contributed by atoms with Crippen LogP contribution in [0.2, 0.25) is 0 Å². The zero-order chi connectivity index (χ0) is 16.3. The van der Waals surface area contributed by atoms with Crippen LogP contribution in [-0.2, 0) is 5.67 Å². The van der Waals surface area contributed by atoms with Crippen molar-refractivity contribution in [1.82, 2.24) is 20.4 Å². The predicted molar refractivity (Wildman–Crippen MR) is 82.3 cm³/mol. The first-order valence-electron chi connectivity index (χ1n) is 7.34. The number of carbonyl (C=O) groups excluding carboxylic acids is 1. The molecule has 0 aliphatic carbocycles. The van der Waals surface area contributed by atoms with Crippen LogP contribution in [0, 0.1) is 0 Å². The molecule has 1 aromatic heterocycles. The van der Waals surface area contributed by atoms with Crippen molar-refractivity contribution in [2.24, 2.45) is 0 Å². The minimum atomic E-state index is -1.81. The molecule has 120 valence electrons. The molecule has 1 aliphatic heterocycles. The Kier molecular flexibility index (Phi) is 4.10. The van der Waals surface area contributed by atoms with E-state index in [1.54, 1.807) is 6.08 Å². The summed E-state index contributed by atoms with van der Waals surface area (Å²) < 4.78 is 20.2. The smallest absolute Gasteiger partial charge is 0.317 e. The van der Waals surface area contributed by atoms with E-state index in [1.165, 1.54) is 4.90 Å². The molecule has 23 heavy (non-hydrogen) atoms. The largest absolute Gasteiger partial charge is 0.335 e. The molecule has 6 nitrogen and oxygen atoms in total. The van der Waals surface area contributed by atoms with Crippen LogP contribution >= 0.6 is 0 Å². The number of aromatic nitrogens is 2. The number of urea groups is 1. The van der Waals surface area contributed by atoms with E-state index >= 15 is 4.39 Å². The van der Waals surface area contributed by atoms with E-state index in [0.717, 1.165) is 5.56 Å². The van der Waals surface area contributed by atoms with Gasteiger partial charge in [-0.05, 0) is 0 Å². The van der Waals surface area contributed by atoms with Crippen LogP contribution in [0.1, 0.15) is 12.3 Å². The summed E-state index contributed by atoms with van der Waals surface area (Å²) in [6, 6.07) is 8.88. The fourth-order valence-corrected chi connectivity index (χ4v) is 2.50. The Labute approximate surface area is 133 Å². The number of hydrogen-bond acceptors (Lipinski definition) is 4. The number of alkyl halides is 1. The molecule has 3 rings (SSSR count). The number of carbonyl (C=O) groups is 1. The summed E-state index contributed by atoms with van der Waals surface area (Å²) in [5, 5.41) is 6.47. The maximum Gasteiger partial charge on any atom is 0.317 e. The second kappa shape index (κ2) is 6.20. The maximum atomic E-state index is 15.1. The number of benzene rings is 1. The first kappa shape index (κ1) is 15.2. The lowest BCUT2D eigenvalue weighted by molar-refractivity contribution is 0.119. The van der Waals surface area contributed by atoms with Gasteiger partial charge in [0.25, 0.3) is 5.89 Å². The standard InChI is InChI=1S/C16H17FN4O2/c1-2-9-18-15(22)21-10-8-16(17,11-21)14-19-13(20-23-14)12-6-4-3-5-7-12/h2-7H,1,8-11H2,(H,18,22). The first-order chi connectivity index (χ1) is 11.1. The van der Waals surface area contributed by atoms with Crippen LogP contribution in [0.5, 0.6) is 0 Å². The van der Waals surface area contributed by atoms with Gasteiger partial charge in [-0.15, -0.1) is 6.58 Å². The van der Waals surface area contributed by atoms with Crippen LogP contribution in [0.3, 0.4) is 0 Å². The summed E-state index contributed by atoms with van der Waals surface area (Å²) in [6.45, 7) is 4.06. The van der Waals surface area contributed by atoms with Gasteiger partial charge in [-0.2, -0.15) is 4.98 Å². The Morgan fingerprint density at radius 1 is 1.48 bits per heavy atom. The Balaban J connectivity index is 1.73. The van der Waals surface area contributed by atoms with Gasteiger partial charge in [0.05, 0.1) is 6.54 Å². The van der Waals surface area contributed by atoms with Crippen molar-refractivity contribution in [1.29, 1.82) is 0 Å². The molecule has 1 saturated heterocycles. The molecule has 7 heteroatoms. The molecule has 1 atom stereocenters. The number of amides is 2. The third-order valence-electron chi connectivity index (χ3n) is 3.75.